The number of allylic oxidation sites excluding steroid dienone is 6. The zero-order valence-electron chi connectivity index (χ0n) is 14.5. The Hall–Kier alpha value is -1.24. The third-order valence-electron chi connectivity index (χ3n) is 5.08. The molecule has 1 aliphatic carbocycles. The lowest BCUT2D eigenvalue weighted by Crippen LogP contribution is -2.16. The van der Waals surface area contributed by atoms with E-state index in [0.717, 1.165) is 37.0 Å². The maximum absolute atomic E-state index is 6.23. The predicted molar refractivity (Wildman–Crippen MR) is 95.0 cm³/mol. The summed E-state index contributed by atoms with van der Waals surface area (Å²) in [6.07, 6.45) is 10.9. The zero-order chi connectivity index (χ0) is 16.0. The monoisotopic (exact) mass is 287 g/mol. The maximum Gasteiger partial charge on any atom is 0.00889 e. The van der Waals surface area contributed by atoms with Crippen molar-refractivity contribution in [3.05, 3.63) is 47.7 Å². The molecule has 1 aliphatic rings. The molecule has 118 valence electrons. The van der Waals surface area contributed by atoms with E-state index in [1.165, 1.54) is 24.0 Å². The first kappa shape index (κ1) is 17.8. The van der Waals surface area contributed by atoms with E-state index in [9.17, 15) is 0 Å². The second-order valence-electron chi connectivity index (χ2n) is 6.55. The van der Waals surface area contributed by atoms with Crippen molar-refractivity contribution in [2.24, 2.45) is 17.1 Å². The van der Waals surface area contributed by atoms with Crippen molar-refractivity contribution < 1.29 is 0 Å². The molecule has 0 spiro atoms. The van der Waals surface area contributed by atoms with E-state index < -0.39 is 0 Å². The van der Waals surface area contributed by atoms with E-state index in [0.29, 0.717) is 5.92 Å². The molecule has 1 nitrogen and oxygen atoms in total. The van der Waals surface area contributed by atoms with Crippen molar-refractivity contribution in [2.45, 2.75) is 66.2 Å². The molecule has 0 aromatic rings. The molecule has 0 aromatic carbocycles. The van der Waals surface area contributed by atoms with E-state index >= 15 is 0 Å². The topological polar surface area (TPSA) is 26.0 Å². The van der Waals surface area contributed by atoms with Gasteiger partial charge < -0.3 is 5.73 Å². The zero-order valence-corrected chi connectivity index (χ0v) is 14.5. The van der Waals surface area contributed by atoms with Crippen LogP contribution < -0.4 is 5.73 Å². The van der Waals surface area contributed by atoms with Crippen molar-refractivity contribution in [2.75, 3.05) is 0 Å². The van der Waals surface area contributed by atoms with Crippen molar-refractivity contribution in [3.8, 4) is 0 Å². The second kappa shape index (κ2) is 7.68. The molecule has 1 atom stereocenters. The summed E-state index contributed by atoms with van der Waals surface area (Å²) in [5, 5.41) is 0. The smallest absolute Gasteiger partial charge is 0.00889 e. The summed E-state index contributed by atoms with van der Waals surface area (Å²) in [7, 11) is 0. The first-order valence-corrected chi connectivity index (χ1v) is 8.41. The molecular weight excluding hydrogens is 254 g/mol. The Morgan fingerprint density at radius 3 is 2.43 bits per heavy atom. The van der Waals surface area contributed by atoms with Crippen LogP contribution >= 0.6 is 0 Å². The van der Waals surface area contributed by atoms with Gasteiger partial charge in [0.05, 0.1) is 0 Å². The summed E-state index contributed by atoms with van der Waals surface area (Å²) < 4.78 is 0. The van der Waals surface area contributed by atoms with Gasteiger partial charge in [0.25, 0.3) is 0 Å². The van der Waals surface area contributed by atoms with E-state index in [2.05, 4.69) is 46.9 Å². The molecule has 0 aromatic heterocycles. The summed E-state index contributed by atoms with van der Waals surface area (Å²) in [6.45, 7) is 17.1. The Morgan fingerprint density at radius 1 is 1.33 bits per heavy atom. The standard InChI is InChI=1S/C20H33N/c1-7-15(5)13-17(16(8-2)9-3)14-20(6)12-11-19(21)18(20)10-4/h7,14,16H,1,5,8-13,21H2,2-4,6H3/b17-14+. The summed E-state index contributed by atoms with van der Waals surface area (Å²) >= 11 is 0. The van der Waals surface area contributed by atoms with Gasteiger partial charge in [-0.1, -0.05) is 64.2 Å². The van der Waals surface area contributed by atoms with E-state index in [4.69, 9.17) is 5.73 Å². The highest BCUT2D eigenvalue weighted by Gasteiger charge is 2.33. The maximum atomic E-state index is 6.23. The quantitative estimate of drug-likeness (QED) is 0.436. The Kier molecular flexibility index (Phi) is 6.51. The molecule has 0 saturated carbocycles. The van der Waals surface area contributed by atoms with Crippen LogP contribution in [-0.2, 0) is 0 Å². The van der Waals surface area contributed by atoms with Gasteiger partial charge >= 0.3 is 0 Å². The fourth-order valence-corrected chi connectivity index (χ4v) is 3.72. The Labute approximate surface area is 131 Å². The van der Waals surface area contributed by atoms with Gasteiger partial charge in [-0.25, -0.2) is 0 Å². The molecule has 0 bridgehead atoms. The van der Waals surface area contributed by atoms with Crippen LogP contribution in [-0.4, -0.2) is 0 Å². The lowest BCUT2D eigenvalue weighted by molar-refractivity contribution is 0.473. The van der Waals surface area contributed by atoms with Gasteiger partial charge in [-0.2, -0.15) is 0 Å². The Balaban J connectivity index is 3.18. The minimum absolute atomic E-state index is 0.137. The third-order valence-corrected chi connectivity index (χ3v) is 5.08. The van der Waals surface area contributed by atoms with E-state index in [1.54, 1.807) is 0 Å². The Morgan fingerprint density at radius 2 is 1.95 bits per heavy atom. The predicted octanol–water partition coefficient (Wildman–Crippen LogP) is 5.90. The number of rotatable bonds is 8. The molecule has 1 heteroatoms. The average Bonchev–Trinajstić information content (AvgIpc) is 2.74. The highest BCUT2D eigenvalue weighted by Crippen LogP contribution is 2.46. The molecule has 0 fully saturated rings. The SMILES string of the molecule is C=CC(=C)C/C(=C\C1(C)CCC(N)=C1CC)C(CC)CC. The van der Waals surface area contributed by atoms with Gasteiger partial charge in [0.15, 0.2) is 0 Å². The van der Waals surface area contributed by atoms with Gasteiger partial charge in [-0.3, -0.25) is 0 Å². The summed E-state index contributed by atoms with van der Waals surface area (Å²) in [4.78, 5) is 0. The van der Waals surface area contributed by atoms with Crippen LogP contribution in [0.15, 0.2) is 47.7 Å². The van der Waals surface area contributed by atoms with Gasteiger partial charge in [0.1, 0.15) is 0 Å². The lowest BCUT2D eigenvalue weighted by atomic mass is 9.76. The molecule has 0 aliphatic heterocycles. The molecule has 0 radical (unpaired) electrons. The average molecular weight is 287 g/mol. The molecule has 1 rings (SSSR count). The van der Waals surface area contributed by atoms with Crippen LogP contribution in [0.25, 0.3) is 0 Å². The Bertz CT molecular complexity index is 448. The first-order chi connectivity index (χ1) is 9.91. The minimum atomic E-state index is 0.137. The fourth-order valence-electron chi connectivity index (χ4n) is 3.72. The number of hydrogen-bond donors (Lipinski definition) is 1. The lowest BCUT2D eigenvalue weighted by Gasteiger charge is -2.28. The van der Waals surface area contributed by atoms with Gasteiger partial charge in [0.2, 0.25) is 0 Å². The molecule has 2 N–H and O–H groups in total. The minimum Gasteiger partial charge on any atom is -0.402 e. The highest BCUT2D eigenvalue weighted by atomic mass is 14.6. The van der Waals surface area contributed by atoms with Crippen LogP contribution in [0.5, 0.6) is 0 Å². The van der Waals surface area contributed by atoms with Gasteiger partial charge in [-0.15, -0.1) is 0 Å². The van der Waals surface area contributed by atoms with Gasteiger partial charge in [-0.05, 0) is 50.0 Å². The normalized spacial score (nSPS) is 23.0. The van der Waals surface area contributed by atoms with Crippen LogP contribution in [0.2, 0.25) is 0 Å². The first-order valence-electron chi connectivity index (χ1n) is 8.41. The molecule has 0 saturated heterocycles. The van der Waals surface area contributed by atoms with Crippen LogP contribution in [0.1, 0.15) is 66.2 Å². The molecule has 0 amide bonds. The fraction of sp³-hybridized carbons (Fsp3) is 0.600. The second-order valence-corrected chi connectivity index (χ2v) is 6.55. The number of nitrogens with two attached hydrogens (primary N) is 1. The van der Waals surface area contributed by atoms with Crippen molar-refractivity contribution in [3.63, 3.8) is 0 Å². The summed E-state index contributed by atoms with van der Waals surface area (Å²) in [5.74, 6) is 0.637. The molecule has 1 unspecified atom stereocenters. The third kappa shape index (κ3) is 4.12. The molecule has 0 heterocycles. The van der Waals surface area contributed by atoms with Crippen molar-refractivity contribution in [1.29, 1.82) is 0 Å². The molecular formula is C20H33N. The van der Waals surface area contributed by atoms with Crippen LogP contribution in [0.3, 0.4) is 0 Å². The van der Waals surface area contributed by atoms with Gasteiger partial charge in [0, 0.05) is 11.1 Å². The molecule has 21 heavy (non-hydrogen) atoms. The number of hydrogen-bond acceptors (Lipinski definition) is 1. The van der Waals surface area contributed by atoms with E-state index in [1.807, 2.05) is 6.08 Å². The van der Waals surface area contributed by atoms with Crippen molar-refractivity contribution in [1.82, 2.24) is 0 Å². The highest BCUT2D eigenvalue weighted by molar-refractivity contribution is 5.34. The van der Waals surface area contributed by atoms with E-state index in [-0.39, 0.29) is 5.41 Å². The van der Waals surface area contributed by atoms with Crippen molar-refractivity contribution >= 4 is 0 Å². The van der Waals surface area contributed by atoms with Crippen LogP contribution in [0, 0.1) is 11.3 Å². The summed E-state index contributed by atoms with van der Waals surface area (Å²) in [6, 6.07) is 0. The summed E-state index contributed by atoms with van der Waals surface area (Å²) in [5.41, 5.74) is 11.6. The largest absolute Gasteiger partial charge is 0.402 e. The van der Waals surface area contributed by atoms with Crippen LogP contribution in [0.4, 0.5) is 0 Å².